The molecule has 22 heteroatoms. The van der Waals surface area contributed by atoms with Gasteiger partial charge >= 0.3 is 23.9 Å². The lowest BCUT2D eigenvalue weighted by Crippen LogP contribution is -2.70. The van der Waals surface area contributed by atoms with Crippen LogP contribution in [0.1, 0.15) is 37.1 Å². The van der Waals surface area contributed by atoms with E-state index in [-0.39, 0.29) is 43.6 Å². The Labute approximate surface area is 290 Å². The Morgan fingerprint density at radius 3 is 2.49 bits per heavy atom. The van der Waals surface area contributed by atoms with Crippen LogP contribution in [0.5, 0.6) is 0 Å². The molecule has 0 radical (unpaired) electrons. The highest BCUT2D eigenvalue weighted by Crippen LogP contribution is 2.47. The third-order valence-electron chi connectivity index (χ3n) is 6.47. The summed E-state index contributed by atoms with van der Waals surface area (Å²) in [5, 5.41) is 21.2. The highest BCUT2D eigenvalue weighted by atomic mass is 32.2. The first-order valence-electron chi connectivity index (χ1n) is 13.8. The van der Waals surface area contributed by atoms with Gasteiger partial charge in [-0.25, -0.2) is 24.0 Å². The lowest BCUT2D eigenvalue weighted by atomic mass is 9.98. The normalized spacial score (nSPS) is 17.6. The van der Waals surface area contributed by atoms with E-state index in [9.17, 15) is 33.9 Å². The number of hydrogen-bond acceptors (Lipinski definition) is 18. The number of oxime groups is 1. The van der Waals surface area contributed by atoms with Gasteiger partial charge in [0.2, 0.25) is 6.79 Å². The summed E-state index contributed by atoms with van der Waals surface area (Å²) in [6.45, 7) is 7.63. The molecule has 0 aromatic carbocycles. The van der Waals surface area contributed by atoms with Crippen molar-refractivity contribution in [3.8, 4) is 0 Å². The Bertz CT molecular complexity index is 1780. The largest absolute Gasteiger partial charge is 0.477 e. The number of thiazole rings is 1. The minimum atomic E-state index is -1.44. The summed E-state index contributed by atoms with van der Waals surface area (Å²) in [4.78, 5) is 89.6. The molecule has 0 aliphatic carbocycles. The van der Waals surface area contributed by atoms with E-state index in [1.165, 1.54) is 12.5 Å². The quantitative estimate of drug-likeness (QED) is 0.0634. The van der Waals surface area contributed by atoms with E-state index in [1.807, 2.05) is 0 Å². The third-order valence-corrected chi connectivity index (χ3v) is 9.40. The molecule has 2 aliphatic rings. The minimum absolute atomic E-state index is 0.00564. The van der Waals surface area contributed by atoms with Gasteiger partial charge in [0, 0.05) is 21.6 Å². The lowest BCUT2D eigenvalue weighted by Gasteiger charge is -2.49. The van der Waals surface area contributed by atoms with E-state index in [0.717, 1.165) is 51.6 Å². The summed E-state index contributed by atoms with van der Waals surface area (Å²) < 4.78 is 15.6. The van der Waals surface area contributed by atoms with Gasteiger partial charge in [-0.2, -0.15) is 4.98 Å². The van der Waals surface area contributed by atoms with Crippen LogP contribution in [-0.2, 0) is 49.6 Å². The van der Waals surface area contributed by atoms with Gasteiger partial charge in [-0.15, -0.1) is 16.4 Å². The predicted octanol–water partition coefficient (Wildman–Crippen LogP) is 0.589. The Morgan fingerprint density at radius 2 is 1.90 bits per heavy atom. The van der Waals surface area contributed by atoms with E-state index in [0.29, 0.717) is 0 Å². The smallest absolute Gasteiger partial charge is 0.377 e. The van der Waals surface area contributed by atoms with E-state index in [2.05, 4.69) is 36.9 Å². The first-order chi connectivity index (χ1) is 23.1. The van der Waals surface area contributed by atoms with Crippen molar-refractivity contribution in [1.29, 1.82) is 0 Å². The molecule has 2 amide bonds. The monoisotopic (exact) mass is 738 g/mol. The van der Waals surface area contributed by atoms with Crippen LogP contribution in [0, 0.1) is 5.41 Å². The first kappa shape index (κ1) is 36.9. The molecule has 1 fully saturated rings. The number of nitrogens with one attached hydrogen (secondary N) is 1. The Kier molecular flexibility index (Phi) is 11.3. The van der Waals surface area contributed by atoms with Gasteiger partial charge < -0.3 is 35.2 Å². The Hall–Kier alpha value is -4.96. The van der Waals surface area contributed by atoms with E-state index >= 15 is 0 Å². The number of amides is 2. The van der Waals surface area contributed by atoms with Crippen molar-refractivity contribution in [2.75, 3.05) is 32.5 Å². The second-order valence-electron chi connectivity index (χ2n) is 10.9. The standard InChI is InChI=1S/C27H30N8O11S3/c1-11-12(8-48-26-31-18(23(41)43-5)32-34(26)7-14(36)45-10-46-24(42)27(2,3)4)17(22(39)40)35-20(38)16(21(35)49-11)30-19(37)15(33-44-6)13-9-47-25(28)29-13/h9,16,21H,1,7-8,10H2,2-6H3,(H2,28,29)(H,30,37)(H,39,40)/t16-,21-/m1/s1. The number of carbonyl (C=O) groups excluding carboxylic acids is 5. The minimum Gasteiger partial charge on any atom is -0.477 e. The maximum Gasteiger partial charge on any atom is 0.377 e. The number of β-lactam (4-membered cyclic amide) rings is 1. The van der Waals surface area contributed by atoms with Crippen LogP contribution >= 0.6 is 34.9 Å². The number of thioether (sulfide) groups is 2. The van der Waals surface area contributed by atoms with Crippen molar-refractivity contribution >= 4 is 81.4 Å². The molecule has 19 nitrogen and oxygen atoms in total. The number of carboxylic acid groups (broad SMARTS) is 1. The number of fused-ring (bicyclic) bond motifs is 1. The van der Waals surface area contributed by atoms with E-state index in [1.54, 1.807) is 20.8 Å². The predicted molar refractivity (Wildman–Crippen MR) is 173 cm³/mol. The molecule has 49 heavy (non-hydrogen) atoms. The lowest BCUT2D eigenvalue weighted by molar-refractivity contribution is -0.173. The number of aromatic nitrogens is 4. The van der Waals surface area contributed by atoms with Gasteiger partial charge in [-0.3, -0.25) is 19.3 Å². The van der Waals surface area contributed by atoms with Gasteiger partial charge in [0.25, 0.3) is 17.6 Å². The van der Waals surface area contributed by atoms with Gasteiger partial charge in [0.15, 0.2) is 16.0 Å². The second kappa shape index (κ2) is 15.1. The number of ether oxygens (including phenoxy) is 3. The van der Waals surface area contributed by atoms with Gasteiger partial charge in [0.1, 0.15) is 36.5 Å². The van der Waals surface area contributed by atoms with Gasteiger partial charge in [0.05, 0.1) is 12.5 Å². The third kappa shape index (κ3) is 8.20. The van der Waals surface area contributed by atoms with Crippen molar-refractivity contribution in [2.24, 2.45) is 10.6 Å². The molecule has 0 spiro atoms. The van der Waals surface area contributed by atoms with Gasteiger partial charge in [-0.05, 0) is 20.8 Å². The summed E-state index contributed by atoms with van der Waals surface area (Å²) in [5.41, 5.74) is 4.48. The summed E-state index contributed by atoms with van der Waals surface area (Å²) in [5.74, 6) is -5.87. The number of aliphatic carboxylic acids is 1. The number of carbonyl (C=O) groups is 6. The summed E-state index contributed by atoms with van der Waals surface area (Å²) in [7, 11) is 2.33. The molecular formula is C27H30N8O11S3. The zero-order valence-electron chi connectivity index (χ0n) is 26.6. The Balaban J connectivity index is 1.50. The number of nitrogen functional groups attached to an aromatic ring is 1. The molecule has 0 bridgehead atoms. The summed E-state index contributed by atoms with van der Waals surface area (Å²) >= 11 is 3.00. The zero-order chi connectivity index (χ0) is 36.2. The van der Waals surface area contributed by atoms with Crippen LogP contribution in [0.15, 0.2) is 38.4 Å². The average Bonchev–Trinajstić information content (AvgIpc) is 3.65. The van der Waals surface area contributed by atoms with Crippen LogP contribution in [0.4, 0.5) is 5.13 Å². The van der Waals surface area contributed by atoms with Crippen LogP contribution < -0.4 is 11.1 Å². The van der Waals surface area contributed by atoms with Crippen molar-refractivity contribution in [3.63, 3.8) is 0 Å². The molecule has 4 rings (SSSR count). The average molecular weight is 739 g/mol. The number of anilines is 1. The molecule has 4 heterocycles. The molecule has 0 saturated carbocycles. The first-order valence-corrected chi connectivity index (χ1v) is 16.6. The molecule has 2 aromatic rings. The number of hydrogen-bond donors (Lipinski definition) is 3. The fraction of sp³-hybridized carbons (Fsp3) is 0.407. The number of allylic oxidation sites excluding steroid dienone is 1. The number of esters is 3. The van der Waals surface area contributed by atoms with Crippen molar-refractivity contribution < 1.29 is 52.9 Å². The van der Waals surface area contributed by atoms with E-state index < -0.39 is 71.7 Å². The summed E-state index contributed by atoms with van der Waals surface area (Å²) in [6, 6.07) is -1.14. The van der Waals surface area contributed by atoms with Crippen LogP contribution in [-0.4, -0.2) is 109 Å². The highest BCUT2D eigenvalue weighted by molar-refractivity contribution is 8.04. The molecule has 2 aliphatic heterocycles. The van der Waals surface area contributed by atoms with Gasteiger partial charge in [-0.1, -0.05) is 35.3 Å². The Morgan fingerprint density at radius 1 is 1.18 bits per heavy atom. The highest BCUT2D eigenvalue weighted by Gasteiger charge is 2.55. The molecule has 4 N–H and O–H groups in total. The fourth-order valence-electron chi connectivity index (χ4n) is 4.12. The summed E-state index contributed by atoms with van der Waals surface area (Å²) in [6.07, 6.45) is 0. The molecular weight excluding hydrogens is 709 g/mol. The number of nitrogens with zero attached hydrogens (tertiary/aromatic N) is 6. The van der Waals surface area contributed by atoms with E-state index in [4.69, 9.17) is 20.0 Å². The SMILES string of the molecule is C=C1S[C@@H]2[C@H](NC(=O)C(=NOC)c3csc(N)n3)C(=O)N2C(C(=O)O)=C1CSc1nc(C(=O)OC)nn1CC(=O)OCOC(=O)C(C)(C)C. The van der Waals surface area contributed by atoms with Crippen LogP contribution in [0.2, 0.25) is 0 Å². The zero-order valence-corrected chi connectivity index (χ0v) is 29.0. The van der Waals surface area contributed by atoms with Crippen molar-refractivity contribution in [2.45, 2.75) is 43.9 Å². The van der Waals surface area contributed by atoms with Crippen LogP contribution in [0.3, 0.4) is 0 Å². The topological polar surface area (TPSA) is 257 Å². The number of methoxy groups -OCH3 is 1. The molecule has 262 valence electrons. The fourth-order valence-corrected chi connectivity index (χ4v) is 6.98. The number of rotatable bonds is 13. The number of nitrogens with two attached hydrogens (primary N) is 1. The van der Waals surface area contributed by atoms with Crippen LogP contribution in [0.25, 0.3) is 0 Å². The molecule has 0 unspecified atom stereocenters. The molecule has 2 atom stereocenters. The van der Waals surface area contributed by atoms with Crippen molar-refractivity contribution in [1.82, 2.24) is 30.0 Å². The van der Waals surface area contributed by atoms with Crippen molar-refractivity contribution in [3.05, 3.63) is 39.7 Å². The number of carboxylic acids is 1. The molecule has 1 saturated heterocycles. The maximum atomic E-state index is 13.3. The second-order valence-corrected chi connectivity index (χ2v) is 13.9. The maximum absolute atomic E-state index is 13.3. The molecule has 2 aromatic heterocycles.